The van der Waals surface area contributed by atoms with Crippen LogP contribution in [0.1, 0.15) is 65.7 Å². The Hall–Kier alpha value is -0.600. The van der Waals surface area contributed by atoms with Crippen molar-refractivity contribution in [2.75, 3.05) is 13.2 Å². The zero-order valence-electron chi connectivity index (χ0n) is 16.5. The normalized spacial score (nSPS) is 48.0. The molecular formula is C23H38O2. The van der Waals surface area contributed by atoms with Crippen LogP contribution in [-0.2, 0) is 0 Å². The molecule has 0 aromatic carbocycles. The first-order chi connectivity index (χ1) is 11.9. The Morgan fingerprint density at radius 1 is 1.12 bits per heavy atom. The largest absolute Gasteiger partial charge is 0.396 e. The second kappa shape index (κ2) is 7.19. The second-order valence-electron chi connectivity index (χ2n) is 9.76. The summed E-state index contributed by atoms with van der Waals surface area (Å²) in [5.74, 6) is 2.87. The van der Waals surface area contributed by atoms with Gasteiger partial charge in [0.1, 0.15) is 0 Å². The lowest BCUT2D eigenvalue weighted by Crippen LogP contribution is -2.50. The van der Waals surface area contributed by atoms with Crippen LogP contribution in [0.5, 0.6) is 0 Å². The molecule has 25 heavy (non-hydrogen) atoms. The summed E-state index contributed by atoms with van der Waals surface area (Å²) in [5.41, 5.74) is 1.92. The molecule has 3 aliphatic carbocycles. The minimum absolute atomic E-state index is 0.135. The van der Waals surface area contributed by atoms with Gasteiger partial charge in [0.15, 0.2) is 0 Å². The maximum absolute atomic E-state index is 10.4. The quantitative estimate of drug-likeness (QED) is 0.706. The minimum atomic E-state index is 0.135. The van der Waals surface area contributed by atoms with E-state index in [1.807, 2.05) is 6.08 Å². The molecule has 2 N–H and O–H groups in total. The van der Waals surface area contributed by atoms with Crippen LogP contribution in [0.25, 0.3) is 0 Å². The molecule has 3 aliphatic rings. The highest BCUT2D eigenvalue weighted by molar-refractivity contribution is 5.21. The van der Waals surface area contributed by atoms with Crippen LogP contribution in [0.4, 0.5) is 0 Å². The lowest BCUT2D eigenvalue weighted by atomic mass is 9.49. The summed E-state index contributed by atoms with van der Waals surface area (Å²) in [6.07, 6.45) is 12.8. The summed E-state index contributed by atoms with van der Waals surface area (Å²) in [5, 5.41) is 19.7. The van der Waals surface area contributed by atoms with Crippen LogP contribution in [0.2, 0.25) is 0 Å². The van der Waals surface area contributed by atoms with Crippen molar-refractivity contribution in [1.29, 1.82) is 0 Å². The second-order valence-corrected chi connectivity index (χ2v) is 9.76. The predicted octanol–water partition coefficient (Wildman–Crippen LogP) is 4.97. The standard InChI is InChI=1S/C23H38O2/c1-16-9-11-23(4,18(14-16)6-5-13-24)21-10-12-22(3)17(2)7-8-20(22)19(21)15-25/h5-6,16,18-21,24-25H,2,7-15H2,1,3-4H3/b6-5+/t16-,18-,19-,20?,21?,22+,23-/m0/s1. The number of fused-ring (bicyclic) bond motifs is 1. The molecule has 7 atom stereocenters. The predicted molar refractivity (Wildman–Crippen MR) is 104 cm³/mol. The van der Waals surface area contributed by atoms with E-state index in [1.165, 1.54) is 44.1 Å². The fourth-order valence-electron chi connectivity index (χ4n) is 6.82. The van der Waals surface area contributed by atoms with Gasteiger partial charge in [-0.15, -0.1) is 0 Å². The number of hydrogen-bond acceptors (Lipinski definition) is 2. The van der Waals surface area contributed by atoms with Gasteiger partial charge in [0.25, 0.3) is 0 Å². The number of rotatable bonds is 4. The molecule has 3 rings (SSSR count). The maximum atomic E-state index is 10.4. The van der Waals surface area contributed by atoms with E-state index in [0.717, 1.165) is 12.3 Å². The van der Waals surface area contributed by atoms with Crippen molar-refractivity contribution in [3.05, 3.63) is 24.3 Å². The average Bonchev–Trinajstić information content (AvgIpc) is 2.90. The molecule has 0 bridgehead atoms. The van der Waals surface area contributed by atoms with Crippen LogP contribution < -0.4 is 0 Å². The van der Waals surface area contributed by atoms with Crippen molar-refractivity contribution in [3.63, 3.8) is 0 Å². The Morgan fingerprint density at radius 3 is 2.56 bits per heavy atom. The Morgan fingerprint density at radius 2 is 1.88 bits per heavy atom. The first-order valence-corrected chi connectivity index (χ1v) is 10.4. The molecule has 0 heterocycles. The Balaban J connectivity index is 1.90. The molecule has 0 saturated heterocycles. The lowest BCUT2D eigenvalue weighted by Gasteiger charge is -2.56. The van der Waals surface area contributed by atoms with E-state index in [1.54, 1.807) is 0 Å². The van der Waals surface area contributed by atoms with Crippen molar-refractivity contribution in [2.24, 2.45) is 40.4 Å². The summed E-state index contributed by atoms with van der Waals surface area (Å²) in [6.45, 7) is 12.1. The molecule has 0 radical (unpaired) electrons. The number of allylic oxidation sites excluding steroid dienone is 2. The highest BCUT2D eigenvalue weighted by atomic mass is 16.3. The molecule has 0 aromatic rings. The molecule has 3 saturated carbocycles. The van der Waals surface area contributed by atoms with Crippen molar-refractivity contribution in [3.8, 4) is 0 Å². The van der Waals surface area contributed by atoms with Gasteiger partial charge in [-0.1, -0.05) is 51.5 Å². The summed E-state index contributed by atoms with van der Waals surface area (Å²) in [6, 6.07) is 0. The molecule has 2 unspecified atom stereocenters. The fourth-order valence-corrected chi connectivity index (χ4v) is 6.82. The Kier molecular flexibility index (Phi) is 5.52. The molecule has 0 aromatic heterocycles. The molecule has 0 amide bonds. The molecule has 3 fully saturated rings. The van der Waals surface area contributed by atoms with Gasteiger partial charge in [0.05, 0.1) is 6.61 Å². The topological polar surface area (TPSA) is 40.5 Å². The van der Waals surface area contributed by atoms with E-state index in [9.17, 15) is 10.2 Å². The van der Waals surface area contributed by atoms with Crippen LogP contribution in [0, 0.1) is 40.4 Å². The molecule has 2 nitrogen and oxygen atoms in total. The molecular weight excluding hydrogens is 308 g/mol. The molecule has 142 valence electrons. The van der Waals surface area contributed by atoms with Crippen LogP contribution in [-0.4, -0.2) is 23.4 Å². The van der Waals surface area contributed by atoms with Crippen LogP contribution in [0.3, 0.4) is 0 Å². The lowest BCUT2D eigenvalue weighted by molar-refractivity contribution is -0.0718. The van der Waals surface area contributed by atoms with Gasteiger partial charge in [0.2, 0.25) is 0 Å². The average molecular weight is 347 g/mol. The molecule has 2 heteroatoms. The monoisotopic (exact) mass is 346 g/mol. The summed E-state index contributed by atoms with van der Waals surface area (Å²) in [7, 11) is 0. The van der Waals surface area contributed by atoms with Gasteiger partial charge in [-0.25, -0.2) is 0 Å². The van der Waals surface area contributed by atoms with Gasteiger partial charge in [-0.05, 0) is 78.9 Å². The van der Waals surface area contributed by atoms with E-state index in [-0.39, 0.29) is 17.4 Å². The van der Waals surface area contributed by atoms with E-state index < -0.39 is 0 Å². The van der Waals surface area contributed by atoms with Crippen LogP contribution >= 0.6 is 0 Å². The van der Waals surface area contributed by atoms with Gasteiger partial charge >= 0.3 is 0 Å². The smallest absolute Gasteiger partial charge is 0.0612 e. The van der Waals surface area contributed by atoms with E-state index in [2.05, 4.69) is 33.4 Å². The van der Waals surface area contributed by atoms with Crippen molar-refractivity contribution < 1.29 is 10.2 Å². The van der Waals surface area contributed by atoms with Gasteiger partial charge in [-0.3, -0.25) is 0 Å². The molecule has 0 aliphatic heterocycles. The summed E-state index contributed by atoms with van der Waals surface area (Å²) < 4.78 is 0. The third kappa shape index (κ3) is 3.14. The number of aliphatic hydroxyl groups excluding tert-OH is 2. The first-order valence-electron chi connectivity index (χ1n) is 10.4. The Bertz CT molecular complexity index is 524. The fraction of sp³-hybridized carbons (Fsp3) is 0.826. The third-order valence-electron chi connectivity index (χ3n) is 8.60. The number of hydrogen-bond donors (Lipinski definition) is 2. The van der Waals surface area contributed by atoms with Gasteiger partial charge in [0, 0.05) is 6.61 Å². The van der Waals surface area contributed by atoms with Crippen molar-refractivity contribution >= 4 is 0 Å². The summed E-state index contributed by atoms with van der Waals surface area (Å²) in [4.78, 5) is 0. The van der Waals surface area contributed by atoms with Gasteiger partial charge in [-0.2, -0.15) is 0 Å². The van der Waals surface area contributed by atoms with Crippen molar-refractivity contribution in [2.45, 2.75) is 65.7 Å². The first kappa shape index (κ1) is 19.2. The zero-order valence-corrected chi connectivity index (χ0v) is 16.5. The van der Waals surface area contributed by atoms with E-state index >= 15 is 0 Å². The summed E-state index contributed by atoms with van der Waals surface area (Å²) >= 11 is 0. The van der Waals surface area contributed by atoms with Gasteiger partial charge < -0.3 is 10.2 Å². The van der Waals surface area contributed by atoms with Crippen LogP contribution in [0.15, 0.2) is 24.3 Å². The number of aliphatic hydroxyl groups is 2. The maximum Gasteiger partial charge on any atom is 0.0612 e. The molecule has 0 spiro atoms. The SMILES string of the molecule is C=C1CCC2[C@H](CO)C([C@@]3(C)CC[C@H](C)C[C@@H]3/C=C/CO)CC[C@]12C. The highest BCUT2D eigenvalue weighted by Crippen LogP contribution is 2.63. The van der Waals surface area contributed by atoms with Crippen molar-refractivity contribution in [1.82, 2.24) is 0 Å². The zero-order chi connectivity index (χ0) is 18.2. The van der Waals surface area contributed by atoms with E-state index in [0.29, 0.717) is 30.3 Å². The Labute approximate surface area is 154 Å². The minimum Gasteiger partial charge on any atom is -0.396 e. The third-order valence-corrected chi connectivity index (χ3v) is 8.60. The highest BCUT2D eigenvalue weighted by Gasteiger charge is 2.56. The van der Waals surface area contributed by atoms with E-state index in [4.69, 9.17) is 0 Å².